The number of likely N-dealkylation sites (tertiary alicyclic amines) is 1. The molecule has 1 saturated heterocycles. The standard InChI is InChI=1S/C17H24N2O5/c1-23-14-7-2-3-8-15(14)24-13-6-5-11-19(12-13)17(22)18-10-4-9-16(20)21/h2-3,7-8,13H,4-6,9-12H2,1H3,(H,18,22)(H,20,21). The quantitative estimate of drug-likeness (QED) is 0.745. The predicted molar refractivity (Wildman–Crippen MR) is 88.5 cm³/mol. The fourth-order valence-electron chi connectivity index (χ4n) is 2.66. The molecule has 0 bridgehead atoms. The Labute approximate surface area is 141 Å². The van der Waals surface area contributed by atoms with Gasteiger partial charge in [-0.2, -0.15) is 0 Å². The Hall–Kier alpha value is -2.44. The van der Waals surface area contributed by atoms with Crippen LogP contribution in [0.4, 0.5) is 4.79 Å². The van der Waals surface area contributed by atoms with Gasteiger partial charge >= 0.3 is 12.0 Å². The summed E-state index contributed by atoms with van der Waals surface area (Å²) in [6.07, 6.45) is 2.14. The van der Waals surface area contributed by atoms with Crippen LogP contribution < -0.4 is 14.8 Å². The molecule has 1 aromatic rings. The predicted octanol–water partition coefficient (Wildman–Crippen LogP) is 2.11. The number of ether oxygens (including phenoxy) is 2. The lowest BCUT2D eigenvalue weighted by Crippen LogP contribution is -2.48. The molecule has 132 valence electrons. The lowest BCUT2D eigenvalue weighted by molar-refractivity contribution is -0.137. The fourth-order valence-corrected chi connectivity index (χ4v) is 2.66. The van der Waals surface area contributed by atoms with Crippen LogP contribution in [0.1, 0.15) is 25.7 Å². The Morgan fingerprint density at radius 3 is 2.79 bits per heavy atom. The molecule has 0 aromatic heterocycles. The number of benzene rings is 1. The highest BCUT2D eigenvalue weighted by Crippen LogP contribution is 2.28. The molecule has 0 saturated carbocycles. The van der Waals surface area contributed by atoms with E-state index in [1.54, 1.807) is 12.0 Å². The lowest BCUT2D eigenvalue weighted by atomic mass is 10.1. The van der Waals surface area contributed by atoms with E-state index in [1.807, 2.05) is 24.3 Å². The number of rotatable bonds is 7. The van der Waals surface area contributed by atoms with Crippen LogP contribution in [0.15, 0.2) is 24.3 Å². The van der Waals surface area contributed by atoms with Gasteiger partial charge in [0.05, 0.1) is 13.7 Å². The molecule has 0 spiro atoms. The van der Waals surface area contributed by atoms with Gasteiger partial charge in [-0.3, -0.25) is 4.79 Å². The number of nitrogens with zero attached hydrogens (tertiary/aromatic N) is 1. The van der Waals surface area contributed by atoms with Gasteiger partial charge in [0.1, 0.15) is 6.10 Å². The lowest BCUT2D eigenvalue weighted by Gasteiger charge is -2.33. The van der Waals surface area contributed by atoms with Crippen LogP contribution in [-0.2, 0) is 4.79 Å². The zero-order chi connectivity index (χ0) is 17.4. The van der Waals surface area contributed by atoms with Crippen molar-refractivity contribution in [3.05, 3.63) is 24.3 Å². The van der Waals surface area contributed by atoms with E-state index in [0.29, 0.717) is 37.6 Å². The number of hydrogen-bond donors (Lipinski definition) is 2. The van der Waals surface area contributed by atoms with Crippen molar-refractivity contribution in [2.45, 2.75) is 31.8 Å². The Morgan fingerprint density at radius 1 is 1.33 bits per heavy atom. The van der Waals surface area contributed by atoms with E-state index in [1.165, 1.54) is 0 Å². The first-order valence-electron chi connectivity index (χ1n) is 8.14. The summed E-state index contributed by atoms with van der Waals surface area (Å²) >= 11 is 0. The highest BCUT2D eigenvalue weighted by atomic mass is 16.5. The van der Waals surface area contributed by atoms with Gasteiger partial charge in [0.15, 0.2) is 11.5 Å². The SMILES string of the molecule is COc1ccccc1OC1CCCN(C(=O)NCCCC(=O)O)C1. The third-order valence-electron chi connectivity index (χ3n) is 3.87. The van der Waals surface area contributed by atoms with Crippen molar-refractivity contribution in [1.82, 2.24) is 10.2 Å². The highest BCUT2D eigenvalue weighted by Gasteiger charge is 2.25. The summed E-state index contributed by atoms with van der Waals surface area (Å²) in [4.78, 5) is 24.3. The molecule has 1 aliphatic rings. The van der Waals surface area contributed by atoms with Crippen LogP contribution in [0.2, 0.25) is 0 Å². The number of piperidine rings is 1. The number of carbonyl (C=O) groups excluding carboxylic acids is 1. The molecule has 1 unspecified atom stereocenters. The van der Waals surface area contributed by atoms with Gasteiger partial charge in [-0.05, 0) is 31.4 Å². The second-order valence-corrected chi connectivity index (χ2v) is 5.71. The molecule has 1 heterocycles. The van der Waals surface area contributed by atoms with Crippen molar-refractivity contribution in [3.63, 3.8) is 0 Å². The fraction of sp³-hybridized carbons (Fsp3) is 0.529. The van der Waals surface area contributed by atoms with E-state index < -0.39 is 5.97 Å². The van der Waals surface area contributed by atoms with Gasteiger partial charge < -0.3 is 24.8 Å². The molecule has 7 nitrogen and oxygen atoms in total. The topological polar surface area (TPSA) is 88.1 Å². The summed E-state index contributed by atoms with van der Waals surface area (Å²) in [5.74, 6) is 0.494. The van der Waals surface area contributed by atoms with E-state index in [-0.39, 0.29) is 18.6 Å². The van der Waals surface area contributed by atoms with Crippen LogP contribution in [-0.4, -0.2) is 54.9 Å². The Balaban J connectivity index is 1.82. The molecule has 2 N–H and O–H groups in total. The van der Waals surface area contributed by atoms with Gasteiger partial charge in [-0.1, -0.05) is 12.1 Å². The van der Waals surface area contributed by atoms with Crippen molar-refractivity contribution >= 4 is 12.0 Å². The Bertz CT molecular complexity index is 564. The molecule has 1 fully saturated rings. The first-order valence-corrected chi connectivity index (χ1v) is 8.14. The average Bonchev–Trinajstić information content (AvgIpc) is 2.59. The van der Waals surface area contributed by atoms with E-state index in [4.69, 9.17) is 14.6 Å². The van der Waals surface area contributed by atoms with E-state index in [0.717, 1.165) is 12.8 Å². The van der Waals surface area contributed by atoms with Crippen molar-refractivity contribution in [2.75, 3.05) is 26.7 Å². The number of para-hydroxylation sites is 2. The van der Waals surface area contributed by atoms with E-state index in [9.17, 15) is 9.59 Å². The number of carboxylic acids is 1. The number of urea groups is 1. The minimum absolute atomic E-state index is 0.0554. The number of carbonyl (C=O) groups is 2. The van der Waals surface area contributed by atoms with Gasteiger partial charge in [0, 0.05) is 19.5 Å². The monoisotopic (exact) mass is 336 g/mol. The summed E-state index contributed by atoms with van der Waals surface area (Å²) in [6.45, 7) is 1.54. The largest absolute Gasteiger partial charge is 0.493 e. The molecule has 1 aromatic carbocycles. The number of methoxy groups -OCH3 is 1. The van der Waals surface area contributed by atoms with Crippen LogP contribution in [0.25, 0.3) is 0 Å². The zero-order valence-corrected chi connectivity index (χ0v) is 13.9. The number of hydrogen-bond acceptors (Lipinski definition) is 4. The first kappa shape index (κ1) is 17.9. The van der Waals surface area contributed by atoms with Crippen molar-refractivity contribution in [1.29, 1.82) is 0 Å². The van der Waals surface area contributed by atoms with Gasteiger partial charge in [-0.25, -0.2) is 4.79 Å². The Morgan fingerprint density at radius 2 is 2.08 bits per heavy atom. The maximum Gasteiger partial charge on any atom is 0.317 e. The minimum atomic E-state index is -0.854. The summed E-state index contributed by atoms with van der Waals surface area (Å²) < 4.78 is 11.3. The van der Waals surface area contributed by atoms with Gasteiger partial charge in [0.2, 0.25) is 0 Å². The van der Waals surface area contributed by atoms with Crippen LogP contribution in [0.5, 0.6) is 11.5 Å². The van der Waals surface area contributed by atoms with Crippen molar-refractivity contribution in [3.8, 4) is 11.5 Å². The number of carboxylic acid groups (broad SMARTS) is 1. The average molecular weight is 336 g/mol. The number of nitrogens with one attached hydrogen (secondary N) is 1. The molecule has 0 aliphatic carbocycles. The highest BCUT2D eigenvalue weighted by molar-refractivity contribution is 5.74. The maximum atomic E-state index is 12.2. The second kappa shape index (κ2) is 9.00. The van der Waals surface area contributed by atoms with E-state index in [2.05, 4.69) is 5.32 Å². The molecule has 1 atom stereocenters. The molecular formula is C17H24N2O5. The smallest absolute Gasteiger partial charge is 0.317 e. The zero-order valence-electron chi connectivity index (χ0n) is 13.9. The Kier molecular flexibility index (Phi) is 6.72. The summed E-state index contributed by atoms with van der Waals surface area (Å²) in [5, 5.41) is 11.4. The van der Waals surface area contributed by atoms with Crippen LogP contribution in [0, 0.1) is 0 Å². The minimum Gasteiger partial charge on any atom is -0.493 e. The number of aliphatic carboxylic acids is 1. The molecule has 7 heteroatoms. The number of amides is 2. The van der Waals surface area contributed by atoms with Crippen molar-refractivity contribution < 1.29 is 24.2 Å². The molecule has 24 heavy (non-hydrogen) atoms. The van der Waals surface area contributed by atoms with Crippen LogP contribution in [0.3, 0.4) is 0 Å². The first-order chi connectivity index (χ1) is 11.6. The third-order valence-corrected chi connectivity index (χ3v) is 3.87. The molecule has 2 rings (SSSR count). The molecular weight excluding hydrogens is 312 g/mol. The maximum absolute atomic E-state index is 12.2. The van der Waals surface area contributed by atoms with Gasteiger partial charge in [0.25, 0.3) is 0 Å². The summed E-state index contributed by atoms with van der Waals surface area (Å²) in [6, 6.07) is 7.28. The molecule has 1 aliphatic heterocycles. The van der Waals surface area contributed by atoms with Crippen LogP contribution >= 0.6 is 0 Å². The van der Waals surface area contributed by atoms with E-state index >= 15 is 0 Å². The summed E-state index contributed by atoms with van der Waals surface area (Å²) in [7, 11) is 1.60. The summed E-state index contributed by atoms with van der Waals surface area (Å²) in [5.41, 5.74) is 0. The van der Waals surface area contributed by atoms with Crippen molar-refractivity contribution in [2.24, 2.45) is 0 Å². The normalized spacial score (nSPS) is 17.2. The molecule has 0 radical (unpaired) electrons. The van der Waals surface area contributed by atoms with Gasteiger partial charge in [-0.15, -0.1) is 0 Å². The molecule has 2 amide bonds. The third kappa shape index (κ3) is 5.33. The second-order valence-electron chi connectivity index (χ2n) is 5.71.